The van der Waals surface area contributed by atoms with Gasteiger partial charge in [0, 0.05) is 0 Å². The van der Waals surface area contributed by atoms with Crippen LogP contribution in [-0.2, 0) is 4.89 Å². The van der Waals surface area contributed by atoms with Crippen molar-refractivity contribution < 1.29 is 9.78 Å². The van der Waals surface area contributed by atoms with E-state index in [9.17, 15) is 0 Å². The highest BCUT2D eigenvalue weighted by Gasteiger charge is 1.92. The van der Waals surface area contributed by atoms with Gasteiger partial charge in [0.25, 0.3) is 0 Å². The Kier molecular flexibility index (Phi) is 2.68. The van der Waals surface area contributed by atoms with E-state index in [-0.39, 0.29) is 5.17 Å². The summed E-state index contributed by atoms with van der Waals surface area (Å²) in [4.78, 5) is 9.14. The molecule has 0 saturated carbocycles. The fraction of sp³-hybridized carbons (Fsp3) is 0. The van der Waals surface area contributed by atoms with E-state index in [2.05, 4.69) is 17.1 Å². The molecule has 0 amide bonds. The number of rotatable bonds is 2. The summed E-state index contributed by atoms with van der Waals surface area (Å²) in [5.41, 5.74) is 5.02. The summed E-state index contributed by atoms with van der Waals surface area (Å²) in [6.45, 7) is 0. The third-order valence-electron chi connectivity index (χ3n) is 0.963. The van der Waals surface area contributed by atoms with Crippen LogP contribution in [0.5, 0.6) is 5.75 Å². The fourth-order valence-electron chi connectivity index (χ4n) is 0.565. The first-order valence-electron chi connectivity index (χ1n) is 2.98. The molecule has 0 aliphatic carbocycles. The van der Waals surface area contributed by atoms with Crippen LogP contribution in [0.25, 0.3) is 0 Å². The lowest BCUT2D eigenvalue weighted by Crippen LogP contribution is -2.14. The van der Waals surface area contributed by atoms with E-state index in [1.165, 1.54) is 0 Å². The molecule has 11 heavy (non-hydrogen) atoms. The van der Waals surface area contributed by atoms with E-state index in [4.69, 9.17) is 10.6 Å². The lowest BCUT2D eigenvalue weighted by atomic mass is 10.3. The smallest absolute Gasteiger partial charge is 0.307 e. The van der Waals surface area contributed by atoms with Crippen LogP contribution in [0, 0.1) is 0 Å². The molecule has 0 bridgehead atoms. The summed E-state index contributed by atoms with van der Waals surface area (Å²) in [6.07, 6.45) is 0. The van der Waals surface area contributed by atoms with Gasteiger partial charge in [-0.15, -0.1) is 0 Å². The number of hydrogen-bond donors (Lipinski definition) is 1. The topological polar surface area (TPSA) is 44.5 Å². The third-order valence-corrected chi connectivity index (χ3v) is 1.03. The van der Waals surface area contributed by atoms with Crippen LogP contribution >= 0.6 is 12.2 Å². The Labute approximate surface area is 69.7 Å². The van der Waals surface area contributed by atoms with Gasteiger partial charge in [-0.2, -0.15) is 0 Å². The SMILES string of the molecule is NC(=S)OOc1ccccc1. The predicted molar refractivity (Wildman–Crippen MR) is 44.9 cm³/mol. The zero-order valence-corrected chi connectivity index (χ0v) is 6.51. The standard InChI is InChI=1S/C7H7NO2S/c8-7(11)10-9-6-4-2-1-3-5-6/h1-5H,(H2,8,11). The molecule has 0 aromatic heterocycles. The van der Waals surface area contributed by atoms with E-state index in [0.29, 0.717) is 5.75 Å². The van der Waals surface area contributed by atoms with Gasteiger partial charge >= 0.3 is 5.17 Å². The number of nitrogens with two attached hydrogens (primary N) is 1. The van der Waals surface area contributed by atoms with Crippen molar-refractivity contribution in [1.29, 1.82) is 0 Å². The van der Waals surface area contributed by atoms with Crippen molar-refractivity contribution in [2.45, 2.75) is 0 Å². The van der Waals surface area contributed by atoms with E-state index < -0.39 is 0 Å². The summed E-state index contributed by atoms with van der Waals surface area (Å²) in [7, 11) is 0. The molecule has 4 heteroatoms. The average Bonchev–Trinajstić information content (AvgIpc) is 2.03. The molecule has 0 fully saturated rings. The molecule has 0 unspecified atom stereocenters. The summed E-state index contributed by atoms with van der Waals surface area (Å²) in [6, 6.07) is 8.97. The highest BCUT2D eigenvalue weighted by atomic mass is 32.1. The second kappa shape index (κ2) is 3.78. The van der Waals surface area contributed by atoms with Crippen molar-refractivity contribution in [3.63, 3.8) is 0 Å². The Hall–Kier alpha value is -1.29. The summed E-state index contributed by atoms with van der Waals surface area (Å²) >= 11 is 4.43. The molecule has 0 saturated heterocycles. The quantitative estimate of drug-likeness (QED) is 0.411. The van der Waals surface area contributed by atoms with E-state index >= 15 is 0 Å². The van der Waals surface area contributed by atoms with Crippen LogP contribution < -0.4 is 10.6 Å². The van der Waals surface area contributed by atoms with Crippen LogP contribution in [0.1, 0.15) is 0 Å². The van der Waals surface area contributed by atoms with E-state index in [1.54, 1.807) is 12.1 Å². The first kappa shape index (κ1) is 7.81. The Balaban J connectivity index is 2.45. The van der Waals surface area contributed by atoms with Crippen LogP contribution in [0.3, 0.4) is 0 Å². The Morgan fingerprint density at radius 3 is 2.45 bits per heavy atom. The predicted octanol–water partition coefficient (Wildman–Crippen LogP) is 1.24. The minimum atomic E-state index is -0.131. The molecule has 3 nitrogen and oxygen atoms in total. The monoisotopic (exact) mass is 169 g/mol. The first-order chi connectivity index (χ1) is 5.29. The maximum Gasteiger partial charge on any atom is 0.307 e. The second-order valence-corrected chi connectivity index (χ2v) is 2.20. The molecule has 2 N–H and O–H groups in total. The summed E-state index contributed by atoms with van der Waals surface area (Å²) in [5, 5.41) is -0.131. The zero-order valence-electron chi connectivity index (χ0n) is 5.69. The summed E-state index contributed by atoms with van der Waals surface area (Å²) in [5.74, 6) is 0.570. The molecular weight excluding hydrogens is 162 g/mol. The molecule has 0 aliphatic heterocycles. The number of para-hydroxylation sites is 1. The maximum absolute atomic E-state index is 5.02. The molecule has 1 aromatic rings. The number of thiocarbonyl (C=S) groups is 1. The van der Waals surface area contributed by atoms with Gasteiger partial charge in [0.05, 0.1) is 0 Å². The average molecular weight is 169 g/mol. The minimum absolute atomic E-state index is 0.131. The maximum atomic E-state index is 5.02. The van der Waals surface area contributed by atoms with Crippen LogP contribution in [0.4, 0.5) is 0 Å². The van der Waals surface area contributed by atoms with Crippen LogP contribution in [0.15, 0.2) is 30.3 Å². The molecular formula is C7H7NO2S. The fourth-order valence-corrected chi connectivity index (χ4v) is 0.599. The van der Waals surface area contributed by atoms with Gasteiger partial charge in [0.15, 0.2) is 5.75 Å². The second-order valence-electron chi connectivity index (χ2n) is 1.80. The molecule has 0 heterocycles. The van der Waals surface area contributed by atoms with Crippen molar-refractivity contribution >= 4 is 17.4 Å². The molecule has 1 rings (SSSR count). The van der Waals surface area contributed by atoms with Crippen LogP contribution in [0.2, 0.25) is 0 Å². The minimum Gasteiger partial charge on any atom is -0.357 e. The molecule has 0 aliphatic rings. The van der Waals surface area contributed by atoms with Crippen molar-refractivity contribution in [2.75, 3.05) is 0 Å². The largest absolute Gasteiger partial charge is 0.357 e. The molecule has 0 radical (unpaired) electrons. The van der Waals surface area contributed by atoms with Crippen molar-refractivity contribution in [2.24, 2.45) is 5.73 Å². The third kappa shape index (κ3) is 2.86. The van der Waals surface area contributed by atoms with Gasteiger partial charge in [-0.1, -0.05) is 18.2 Å². The highest BCUT2D eigenvalue weighted by molar-refractivity contribution is 7.79. The normalized spacial score (nSPS) is 8.73. The molecule has 0 spiro atoms. The lowest BCUT2D eigenvalue weighted by molar-refractivity contribution is -0.115. The lowest BCUT2D eigenvalue weighted by Gasteiger charge is -2.01. The highest BCUT2D eigenvalue weighted by Crippen LogP contribution is 2.07. The van der Waals surface area contributed by atoms with E-state index in [0.717, 1.165) is 0 Å². The van der Waals surface area contributed by atoms with Crippen molar-refractivity contribution in [3.05, 3.63) is 30.3 Å². The number of benzene rings is 1. The Bertz CT molecular complexity index is 237. The molecule has 0 atom stereocenters. The Morgan fingerprint density at radius 1 is 1.27 bits per heavy atom. The van der Waals surface area contributed by atoms with Crippen molar-refractivity contribution in [1.82, 2.24) is 0 Å². The first-order valence-corrected chi connectivity index (χ1v) is 3.39. The van der Waals surface area contributed by atoms with Crippen molar-refractivity contribution in [3.8, 4) is 5.75 Å². The van der Waals surface area contributed by atoms with Gasteiger partial charge in [0.1, 0.15) is 0 Å². The molecule has 58 valence electrons. The van der Waals surface area contributed by atoms with Gasteiger partial charge in [-0.25, -0.2) is 0 Å². The summed E-state index contributed by atoms with van der Waals surface area (Å²) < 4.78 is 0. The van der Waals surface area contributed by atoms with Gasteiger partial charge in [0.2, 0.25) is 0 Å². The zero-order chi connectivity index (χ0) is 8.10. The Morgan fingerprint density at radius 2 is 1.91 bits per heavy atom. The van der Waals surface area contributed by atoms with Gasteiger partial charge in [-0.05, 0) is 24.4 Å². The molecule has 1 aromatic carbocycles. The number of hydrogen-bond acceptors (Lipinski definition) is 3. The van der Waals surface area contributed by atoms with Gasteiger partial charge in [-0.3, -0.25) is 9.78 Å². The van der Waals surface area contributed by atoms with E-state index in [1.807, 2.05) is 18.2 Å². The van der Waals surface area contributed by atoms with Crippen LogP contribution in [-0.4, -0.2) is 5.17 Å². The van der Waals surface area contributed by atoms with Gasteiger partial charge < -0.3 is 5.73 Å².